The Labute approximate surface area is 236 Å². The maximum atomic E-state index is 13.4. The molecule has 2 heterocycles. The average molecular weight is 558 g/mol. The number of fused-ring (bicyclic) bond motifs is 1. The van der Waals surface area contributed by atoms with E-state index in [-0.39, 0.29) is 10.8 Å². The molecule has 1 saturated carbocycles. The van der Waals surface area contributed by atoms with Crippen molar-refractivity contribution in [1.29, 1.82) is 0 Å². The Hall–Kier alpha value is -3.37. The number of sulfonamides is 1. The van der Waals surface area contributed by atoms with Gasteiger partial charge in [-0.3, -0.25) is 14.7 Å². The summed E-state index contributed by atoms with van der Waals surface area (Å²) >= 11 is 0. The van der Waals surface area contributed by atoms with Crippen LogP contribution in [0.5, 0.6) is 0 Å². The van der Waals surface area contributed by atoms with Gasteiger partial charge in [-0.05, 0) is 72.8 Å². The number of anilines is 1. The number of amides is 1. The number of aliphatic imine (C=N–C) groups is 1. The number of nitrogens with zero attached hydrogens (tertiary/aromatic N) is 3. The van der Waals surface area contributed by atoms with Gasteiger partial charge in [0.1, 0.15) is 5.92 Å². The zero-order valence-electron chi connectivity index (χ0n) is 22.7. The van der Waals surface area contributed by atoms with Gasteiger partial charge in [0, 0.05) is 45.0 Å². The number of carbonyl (C=O) groups is 1. The van der Waals surface area contributed by atoms with Gasteiger partial charge in [0.2, 0.25) is 15.9 Å². The first-order valence-electron chi connectivity index (χ1n) is 13.9. The van der Waals surface area contributed by atoms with Crippen LogP contribution in [0.25, 0.3) is 0 Å². The predicted molar refractivity (Wildman–Crippen MR) is 158 cm³/mol. The molecule has 1 unspecified atom stereocenters. The topological polar surface area (TPSA) is 94.1 Å². The first kappa shape index (κ1) is 26.8. The summed E-state index contributed by atoms with van der Waals surface area (Å²) in [5, 5.41) is 2.94. The van der Waals surface area contributed by atoms with Gasteiger partial charge < -0.3 is 10.2 Å². The second-order valence-corrected chi connectivity index (χ2v) is 12.8. The molecule has 1 atom stereocenters. The highest BCUT2D eigenvalue weighted by atomic mass is 32.2. The Morgan fingerprint density at radius 1 is 0.975 bits per heavy atom. The van der Waals surface area contributed by atoms with Gasteiger partial charge >= 0.3 is 0 Å². The third kappa shape index (κ3) is 6.02. The van der Waals surface area contributed by atoms with Crippen LogP contribution in [-0.2, 0) is 21.4 Å². The van der Waals surface area contributed by atoms with Crippen molar-refractivity contribution in [1.82, 2.24) is 14.5 Å². The summed E-state index contributed by atoms with van der Waals surface area (Å²) < 4.78 is 28.8. The lowest BCUT2D eigenvalue weighted by Crippen LogP contribution is -2.43. The number of carbonyl (C=O) groups excluding carboxylic acids is 1. The van der Waals surface area contributed by atoms with Crippen LogP contribution in [0, 0.1) is 5.92 Å². The first-order chi connectivity index (χ1) is 19.4. The van der Waals surface area contributed by atoms with Crippen molar-refractivity contribution in [2.75, 3.05) is 45.1 Å². The standard InChI is InChI=1S/C31H35N5O3S/c1-35-15-17-36(18-16-35)21-23-9-11-25(12-10-23)33-30(24-5-3-2-4-6-24)29-27-19-26(13-14-28(27)34-31(29)37)40(38,39)32-20-22-7-8-22/h2-6,9-14,19,22,29,32H,7-8,15-18,20-21H2,1H3,(H,34,37). The summed E-state index contributed by atoms with van der Waals surface area (Å²) in [4.78, 5) is 23.3. The van der Waals surface area contributed by atoms with Crippen molar-refractivity contribution < 1.29 is 13.2 Å². The minimum atomic E-state index is -3.68. The van der Waals surface area contributed by atoms with Gasteiger partial charge in [-0.2, -0.15) is 0 Å². The smallest absolute Gasteiger partial charge is 0.240 e. The zero-order chi connectivity index (χ0) is 27.7. The highest BCUT2D eigenvalue weighted by molar-refractivity contribution is 7.89. The summed E-state index contributed by atoms with van der Waals surface area (Å²) in [6.07, 6.45) is 2.11. The maximum absolute atomic E-state index is 13.4. The van der Waals surface area contributed by atoms with Crippen LogP contribution in [0.1, 0.15) is 35.4 Å². The lowest BCUT2D eigenvalue weighted by Gasteiger charge is -2.32. The first-order valence-corrected chi connectivity index (χ1v) is 15.4. The lowest BCUT2D eigenvalue weighted by molar-refractivity contribution is -0.115. The molecule has 40 heavy (non-hydrogen) atoms. The van der Waals surface area contributed by atoms with Crippen molar-refractivity contribution in [3.8, 4) is 0 Å². The molecule has 0 aromatic heterocycles. The SMILES string of the molecule is CN1CCN(Cc2ccc(N=C(c3ccccc3)C3C(=O)Nc4ccc(S(=O)(=O)NCC5CC5)cc43)cc2)CC1. The van der Waals surface area contributed by atoms with Gasteiger partial charge in [0.25, 0.3) is 0 Å². The van der Waals surface area contributed by atoms with E-state index >= 15 is 0 Å². The number of likely N-dealkylation sites (N-methyl/N-ethyl adjacent to an activating group) is 1. The molecule has 1 saturated heterocycles. The van der Waals surface area contributed by atoms with Crippen molar-refractivity contribution in [2.45, 2.75) is 30.2 Å². The molecule has 0 bridgehead atoms. The molecule has 2 N–H and O–H groups in total. The van der Waals surface area contributed by atoms with E-state index in [1.807, 2.05) is 42.5 Å². The van der Waals surface area contributed by atoms with Crippen molar-refractivity contribution >= 4 is 33.0 Å². The molecule has 0 spiro atoms. The molecule has 2 fully saturated rings. The lowest BCUT2D eigenvalue weighted by atomic mass is 9.90. The highest BCUT2D eigenvalue weighted by Gasteiger charge is 2.36. The molecule has 208 valence electrons. The Kier molecular flexibility index (Phi) is 7.55. The number of rotatable bonds is 9. The Morgan fingerprint density at radius 2 is 1.70 bits per heavy atom. The van der Waals surface area contributed by atoms with E-state index in [1.165, 1.54) is 5.56 Å². The maximum Gasteiger partial charge on any atom is 0.240 e. The predicted octanol–water partition coefficient (Wildman–Crippen LogP) is 3.98. The summed E-state index contributed by atoms with van der Waals surface area (Å²) in [6.45, 7) is 5.60. The van der Waals surface area contributed by atoms with Crippen LogP contribution in [0.2, 0.25) is 0 Å². The highest BCUT2D eigenvalue weighted by Crippen LogP contribution is 2.38. The molecule has 2 aliphatic heterocycles. The van der Waals surface area contributed by atoms with Gasteiger partial charge in [-0.15, -0.1) is 0 Å². The van der Waals surface area contributed by atoms with Crippen LogP contribution >= 0.6 is 0 Å². The summed E-state index contributed by atoms with van der Waals surface area (Å²) in [5.74, 6) is -0.532. The molecule has 6 rings (SSSR count). The van der Waals surface area contributed by atoms with Crippen molar-refractivity contribution in [3.63, 3.8) is 0 Å². The summed E-state index contributed by atoms with van der Waals surface area (Å²) in [5.41, 5.74) is 4.61. The molecule has 9 heteroatoms. The average Bonchev–Trinajstić information content (AvgIpc) is 3.74. The van der Waals surface area contributed by atoms with Crippen LogP contribution in [0.15, 0.2) is 82.7 Å². The second-order valence-electron chi connectivity index (χ2n) is 11.1. The van der Waals surface area contributed by atoms with Gasteiger partial charge in [-0.1, -0.05) is 42.5 Å². The van der Waals surface area contributed by atoms with Gasteiger partial charge in [0.15, 0.2) is 0 Å². The second kappa shape index (κ2) is 11.2. The van der Waals surface area contributed by atoms with Gasteiger partial charge in [0.05, 0.1) is 16.3 Å². The van der Waals surface area contributed by atoms with E-state index in [9.17, 15) is 13.2 Å². The molecule has 1 amide bonds. The van der Waals surface area contributed by atoms with Crippen LogP contribution in [0.3, 0.4) is 0 Å². The molecule has 3 aromatic rings. The molecular formula is C31H35N5O3S. The zero-order valence-corrected chi connectivity index (χ0v) is 23.5. The van der Waals surface area contributed by atoms with Crippen LogP contribution in [-0.4, -0.2) is 69.6 Å². The fraction of sp³-hybridized carbons (Fsp3) is 0.355. The van der Waals surface area contributed by atoms with Gasteiger partial charge in [-0.25, -0.2) is 13.1 Å². The van der Waals surface area contributed by atoms with Crippen LogP contribution < -0.4 is 10.0 Å². The van der Waals surface area contributed by atoms with Crippen LogP contribution in [0.4, 0.5) is 11.4 Å². The van der Waals surface area contributed by atoms with Crippen molar-refractivity contribution in [2.24, 2.45) is 10.9 Å². The quantitative estimate of drug-likeness (QED) is 0.388. The molecular weight excluding hydrogens is 522 g/mol. The van der Waals surface area contributed by atoms with E-state index in [0.717, 1.165) is 56.8 Å². The molecule has 3 aliphatic rings. The minimum absolute atomic E-state index is 0.161. The third-order valence-electron chi connectivity index (χ3n) is 7.95. The minimum Gasteiger partial charge on any atom is -0.325 e. The number of hydrogen-bond donors (Lipinski definition) is 2. The van der Waals surface area contributed by atoms with E-state index in [4.69, 9.17) is 4.99 Å². The molecule has 1 aliphatic carbocycles. The molecule has 8 nitrogen and oxygen atoms in total. The third-order valence-corrected chi connectivity index (χ3v) is 9.38. The molecule has 3 aromatic carbocycles. The monoisotopic (exact) mass is 557 g/mol. The largest absolute Gasteiger partial charge is 0.325 e. The van der Waals surface area contributed by atoms with E-state index in [1.54, 1.807) is 18.2 Å². The summed E-state index contributed by atoms with van der Waals surface area (Å²) in [6, 6.07) is 22.6. The number of nitrogens with one attached hydrogen (secondary N) is 2. The summed E-state index contributed by atoms with van der Waals surface area (Å²) in [7, 11) is -1.53. The fourth-order valence-corrected chi connectivity index (χ4v) is 6.45. The number of piperazine rings is 1. The van der Waals surface area contributed by atoms with Crippen molar-refractivity contribution in [3.05, 3.63) is 89.5 Å². The Balaban J connectivity index is 1.31. The Morgan fingerprint density at radius 3 is 2.40 bits per heavy atom. The van der Waals surface area contributed by atoms with E-state index in [0.29, 0.717) is 29.4 Å². The molecule has 0 radical (unpaired) electrons. The van der Waals surface area contributed by atoms with E-state index < -0.39 is 15.9 Å². The number of hydrogen-bond acceptors (Lipinski definition) is 6. The number of benzene rings is 3. The van der Waals surface area contributed by atoms with E-state index in [2.05, 4.69) is 39.0 Å². The Bertz CT molecular complexity index is 1510. The normalized spacial score (nSPS) is 20.4. The fourth-order valence-electron chi connectivity index (χ4n) is 5.29.